The minimum Gasteiger partial charge on any atom is -0.446 e. The van der Waals surface area contributed by atoms with Crippen molar-refractivity contribution in [3.8, 4) is 0 Å². The molecule has 12 heteroatoms. The lowest BCUT2D eigenvalue weighted by atomic mass is 10.0. The predicted molar refractivity (Wildman–Crippen MR) is 98.7 cm³/mol. The number of rotatable bonds is 6. The van der Waals surface area contributed by atoms with E-state index in [2.05, 4.69) is 20.5 Å². The molecular weight excluding hydrogens is 411 g/mol. The largest absolute Gasteiger partial charge is 0.446 e. The standard InChI is InChI=1S/C17H20F3N5O3S/c1-9-21-7-12(29-9)5-15(26)23-14-6-13(24-25-14)10-2-3-11(4-10)28-16(27)22-8-17(18,19)20/h6-7,10-11H,2-5,8H2,1H3,(H,22,27)(H2,23,24,25,26)/t10-,11+/m0/s1. The van der Waals surface area contributed by atoms with Gasteiger partial charge in [-0.25, -0.2) is 9.78 Å². The molecule has 0 unspecified atom stereocenters. The van der Waals surface area contributed by atoms with Crippen molar-refractivity contribution >= 4 is 29.2 Å². The number of hydrogen-bond acceptors (Lipinski definition) is 6. The van der Waals surface area contributed by atoms with Crippen LogP contribution in [0.25, 0.3) is 0 Å². The summed E-state index contributed by atoms with van der Waals surface area (Å²) in [4.78, 5) is 28.5. The molecule has 1 aliphatic rings. The van der Waals surface area contributed by atoms with Crippen molar-refractivity contribution in [2.45, 2.75) is 50.8 Å². The number of alkyl carbamates (subject to hydrolysis) is 1. The number of alkyl halides is 3. The van der Waals surface area contributed by atoms with Crippen molar-refractivity contribution in [2.24, 2.45) is 0 Å². The zero-order valence-electron chi connectivity index (χ0n) is 15.5. The number of thiazole rings is 1. The SMILES string of the molecule is Cc1ncc(CC(=O)Nc2cc([C@H]3CC[C@@H](OC(=O)NCC(F)(F)F)C3)[nH]n2)s1. The van der Waals surface area contributed by atoms with Crippen LogP contribution in [0.15, 0.2) is 12.3 Å². The van der Waals surface area contributed by atoms with Crippen LogP contribution in [0.4, 0.5) is 23.8 Å². The van der Waals surface area contributed by atoms with Crippen molar-refractivity contribution in [1.82, 2.24) is 20.5 Å². The summed E-state index contributed by atoms with van der Waals surface area (Å²) in [6, 6.07) is 1.71. The number of hydrogen-bond donors (Lipinski definition) is 3. The van der Waals surface area contributed by atoms with Crippen molar-refractivity contribution in [2.75, 3.05) is 11.9 Å². The normalized spacial score (nSPS) is 19.2. The summed E-state index contributed by atoms with van der Waals surface area (Å²) < 4.78 is 41.4. The van der Waals surface area contributed by atoms with E-state index in [1.54, 1.807) is 17.6 Å². The third kappa shape index (κ3) is 6.44. The molecule has 3 rings (SSSR count). The zero-order valence-corrected chi connectivity index (χ0v) is 16.3. The summed E-state index contributed by atoms with van der Waals surface area (Å²) in [5.74, 6) is 0.192. The van der Waals surface area contributed by atoms with E-state index in [1.807, 2.05) is 6.92 Å². The number of aryl methyl sites for hydroxylation is 1. The smallest absolute Gasteiger partial charge is 0.407 e. The van der Waals surface area contributed by atoms with E-state index in [1.165, 1.54) is 11.3 Å². The maximum atomic E-state index is 12.1. The molecule has 2 heterocycles. The minimum atomic E-state index is -4.48. The monoisotopic (exact) mass is 431 g/mol. The third-order valence-electron chi connectivity index (χ3n) is 4.40. The Hall–Kier alpha value is -2.63. The highest BCUT2D eigenvalue weighted by molar-refractivity contribution is 7.11. The van der Waals surface area contributed by atoms with Crippen molar-refractivity contribution < 1.29 is 27.5 Å². The lowest BCUT2D eigenvalue weighted by Gasteiger charge is -2.14. The van der Waals surface area contributed by atoms with Crippen LogP contribution in [0.1, 0.15) is 40.8 Å². The maximum Gasteiger partial charge on any atom is 0.407 e. The van der Waals surface area contributed by atoms with Gasteiger partial charge in [-0.3, -0.25) is 9.89 Å². The summed E-state index contributed by atoms with van der Waals surface area (Å²) in [6.45, 7) is 0.442. The van der Waals surface area contributed by atoms with Crippen LogP contribution in [-0.4, -0.2) is 46.0 Å². The van der Waals surface area contributed by atoms with Crippen LogP contribution >= 0.6 is 11.3 Å². The first kappa shape index (κ1) is 21.1. The van der Waals surface area contributed by atoms with Crippen molar-refractivity contribution in [1.29, 1.82) is 0 Å². The van der Waals surface area contributed by atoms with Crippen LogP contribution in [0.5, 0.6) is 0 Å². The van der Waals surface area contributed by atoms with Gasteiger partial charge in [-0.15, -0.1) is 11.3 Å². The van der Waals surface area contributed by atoms with Gasteiger partial charge in [-0.2, -0.15) is 18.3 Å². The molecule has 0 aliphatic heterocycles. The van der Waals surface area contributed by atoms with Crippen LogP contribution in [0.2, 0.25) is 0 Å². The van der Waals surface area contributed by atoms with Gasteiger partial charge in [0.15, 0.2) is 5.82 Å². The van der Waals surface area contributed by atoms with Gasteiger partial charge in [0.25, 0.3) is 0 Å². The minimum absolute atomic E-state index is 0.0118. The topological polar surface area (TPSA) is 109 Å². The average molecular weight is 431 g/mol. The Balaban J connectivity index is 1.45. The molecule has 3 N–H and O–H groups in total. The molecule has 2 aromatic rings. The predicted octanol–water partition coefficient (Wildman–Crippen LogP) is 3.28. The Morgan fingerprint density at radius 1 is 1.38 bits per heavy atom. The van der Waals surface area contributed by atoms with E-state index in [4.69, 9.17) is 4.74 Å². The van der Waals surface area contributed by atoms with Crippen LogP contribution in [0.3, 0.4) is 0 Å². The Morgan fingerprint density at radius 3 is 2.86 bits per heavy atom. The number of aromatic amines is 1. The van der Waals surface area contributed by atoms with Gasteiger partial charge in [0.1, 0.15) is 12.6 Å². The first-order chi connectivity index (χ1) is 13.7. The fourth-order valence-electron chi connectivity index (χ4n) is 3.14. The van der Waals surface area contributed by atoms with Gasteiger partial charge in [-0.1, -0.05) is 0 Å². The molecule has 0 radical (unpaired) electrons. The highest BCUT2D eigenvalue weighted by Gasteiger charge is 2.32. The van der Waals surface area contributed by atoms with Gasteiger partial charge in [0.2, 0.25) is 5.91 Å². The molecule has 0 bridgehead atoms. The molecule has 158 valence electrons. The quantitative estimate of drug-likeness (QED) is 0.650. The summed E-state index contributed by atoms with van der Waals surface area (Å²) >= 11 is 1.45. The molecule has 0 spiro atoms. The number of amides is 2. The van der Waals surface area contributed by atoms with E-state index in [0.717, 1.165) is 15.6 Å². The molecule has 1 saturated carbocycles. The Labute approximate surface area is 168 Å². The van der Waals surface area contributed by atoms with Gasteiger partial charge in [0.05, 0.1) is 11.4 Å². The molecule has 2 amide bonds. The second-order valence-corrected chi connectivity index (χ2v) is 8.10. The van der Waals surface area contributed by atoms with Crippen molar-refractivity contribution in [3.63, 3.8) is 0 Å². The maximum absolute atomic E-state index is 12.1. The number of carbonyl (C=O) groups is 2. The van der Waals surface area contributed by atoms with Gasteiger partial charge in [-0.05, 0) is 26.2 Å². The Morgan fingerprint density at radius 2 is 2.17 bits per heavy atom. The summed E-state index contributed by atoms with van der Waals surface area (Å²) in [6.07, 6.45) is -2.46. The number of anilines is 1. The molecule has 8 nitrogen and oxygen atoms in total. The summed E-state index contributed by atoms with van der Waals surface area (Å²) in [5.41, 5.74) is 0.774. The molecule has 2 atom stereocenters. The number of H-pyrrole nitrogens is 1. The van der Waals surface area contributed by atoms with Gasteiger partial charge >= 0.3 is 12.3 Å². The van der Waals surface area contributed by atoms with Gasteiger partial charge < -0.3 is 15.4 Å². The Kier molecular flexibility index (Phi) is 6.40. The highest BCUT2D eigenvalue weighted by atomic mass is 32.1. The number of ether oxygens (including phenoxy) is 1. The number of aromatic nitrogens is 3. The molecule has 1 fully saturated rings. The van der Waals surface area contributed by atoms with Crippen LogP contribution in [-0.2, 0) is 16.0 Å². The Bertz CT molecular complexity index is 867. The van der Waals surface area contributed by atoms with Crippen LogP contribution in [0, 0.1) is 6.92 Å². The number of nitrogens with one attached hydrogen (secondary N) is 3. The average Bonchev–Trinajstić information content (AvgIpc) is 3.34. The summed E-state index contributed by atoms with van der Waals surface area (Å²) in [7, 11) is 0. The van der Waals surface area contributed by atoms with E-state index in [0.29, 0.717) is 25.1 Å². The number of nitrogens with zero attached hydrogens (tertiary/aromatic N) is 2. The third-order valence-corrected chi connectivity index (χ3v) is 5.31. The zero-order chi connectivity index (χ0) is 21.0. The molecule has 2 aromatic heterocycles. The van der Waals surface area contributed by atoms with Crippen LogP contribution < -0.4 is 10.6 Å². The van der Waals surface area contributed by atoms with E-state index in [9.17, 15) is 22.8 Å². The molecule has 29 heavy (non-hydrogen) atoms. The molecular formula is C17H20F3N5O3S. The van der Waals surface area contributed by atoms with E-state index in [-0.39, 0.29) is 18.2 Å². The number of halogens is 3. The van der Waals surface area contributed by atoms with E-state index >= 15 is 0 Å². The first-order valence-corrected chi connectivity index (χ1v) is 9.77. The lowest BCUT2D eigenvalue weighted by molar-refractivity contribution is -0.124. The fourth-order valence-corrected chi connectivity index (χ4v) is 3.93. The lowest BCUT2D eigenvalue weighted by Crippen LogP contribution is -2.35. The second-order valence-electron chi connectivity index (χ2n) is 6.79. The van der Waals surface area contributed by atoms with Gasteiger partial charge in [0, 0.05) is 28.8 Å². The molecule has 0 saturated heterocycles. The molecule has 0 aromatic carbocycles. The molecule has 1 aliphatic carbocycles. The first-order valence-electron chi connectivity index (χ1n) is 8.95. The second kappa shape index (κ2) is 8.80. The van der Waals surface area contributed by atoms with Crippen molar-refractivity contribution in [3.05, 3.63) is 27.8 Å². The fraction of sp³-hybridized carbons (Fsp3) is 0.529. The number of carbonyl (C=O) groups excluding carboxylic acids is 2. The summed E-state index contributed by atoms with van der Waals surface area (Å²) in [5, 5.41) is 12.2. The van der Waals surface area contributed by atoms with E-state index < -0.39 is 24.9 Å². The highest BCUT2D eigenvalue weighted by Crippen LogP contribution is 2.35.